The van der Waals surface area contributed by atoms with Crippen LogP contribution in [0.1, 0.15) is 29.6 Å². The fourth-order valence-electron chi connectivity index (χ4n) is 3.16. The van der Waals surface area contributed by atoms with Gasteiger partial charge in [0.05, 0.1) is 14.2 Å². The summed E-state index contributed by atoms with van der Waals surface area (Å²) in [6, 6.07) is 2.82. The Labute approximate surface area is 152 Å². The molecule has 6 nitrogen and oxygen atoms in total. The van der Waals surface area contributed by atoms with E-state index < -0.39 is 6.61 Å². The summed E-state index contributed by atoms with van der Waals surface area (Å²) >= 11 is 0. The summed E-state index contributed by atoms with van der Waals surface area (Å²) in [5, 5.41) is 3.15. The molecule has 0 aromatic heterocycles. The van der Waals surface area contributed by atoms with Gasteiger partial charge >= 0.3 is 6.61 Å². The molecule has 1 amide bonds. The molecule has 1 fully saturated rings. The number of rotatable bonds is 8. The van der Waals surface area contributed by atoms with Gasteiger partial charge in [-0.1, -0.05) is 0 Å². The molecule has 1 aromatic carbocycles. The number of nitrogens with zero attached hydrogens (tertiary/aromatic N) is 1. The van der Waals surface area contributed by atoms with Gasteiger partial charge in [-0.2, -0.15) is 8.78 Å². The van der Waals surface area contributed by atoms with Crippen molar-refractivity contribution in [2.75, 3.05) is 40.9 Å². The summed E-state index contributed by atoms with van der Waals surface area (Å²) in [5.74, 6) is 0.302. The third kappa shape index (κ3) is 4.97. The van der Waals surface area contributed by atoms with E-state index in [1.165, 1.54) is 26.4 Å². The average molecular weight is 372 g/mol. The van der Waals surface area contributed by atoms with Crippen LogP contribution in [0.25, 0.3) is 0 Å². The van der Waals surface area contributed by atoms with Crippen molar-refractivity contribution >= 4 is 5.91 Å². The third-order valence-corrected chi connectivity index (χ3v) is 4.62. The van der Waals surface area contributed by atoms with Crippen molar-refractivity contribution in [3.05, 3.63) is 17.7 Å². The molecule has 0 radical (unpaired) electrons. The van der Waals surface area contributed by atoms with Gasteiger partial charge in [-0.15, -0.1) is 0 Å². The molecule has 0 bridgehead atoms. The van der Waals surface area contributed by atoms with E-state index in [1.807, 2.05) is 7.05 Å². The van der Waals surface area contributed by atoms with Crippen LogP contribution in [-0.4, -0.2) is 58.3 Å². The zero-order chi connectivity index (χ0) is 19.1. The lowest BCUT2D eigenvalue weighted by Gasteiger charge is -2.32. The van der Waals surface area contributed by atoms with E-state index in [4.69, 9.17) is 9.47 Å². The molecule has 2 rings (SSSR count). The molecule has 1 aliphatic heterocycles. The summed E-state index contributed by atoms with van der Waals surface area (Å²) in [4.78, 5) is 14.6. The van der Waals surface area contributed by atoms with E-state index in [0.717, 1.165) is 25.8 Å². The number of hydrogen-bond donors (Lipinski definition) is 1. The Hall–Kier alpha value is -2.09. The number of carbonyl (C=O) groups is 1. The van der Waals surface area contributed by atoms with Crippen molar-refractivity contribution in [2.45, 2.75) is 25.9 Å². The number of hydrogen-bond acceptors (Lipinski definition) is 5. The van der Waals surface area contributed by atoms with Crippen LogP contribution in [0.4, 0.5) is 8.78 Å². The molecule has 0 aliphatic carbocycles. The van der Waals surface area contributed by atoms with Crippen molar-refractivity contribution in [2.24, 2.45) is 5.92 Å². The highest BCUT2D eigenvalue weighted by atomic mass is 19.3. The molecule has 1 heterocycles. The summed E-state index contributed by atoms with van der Waals surface area (Å²) < 4.78 is 39.9. The first-order valence-corrected chi connectivity index (χ1v) is 8.64. The first-order chi connectivity index (χ1) is 12.5. The summed E-state index contributed by atoms with van der Waals surface area (Å²) in [6.07, 6.45) is 3.00. The number of piperidine rings is 1. The van der Waals surface area contributed by atoms with Gasteiger partial charge in [-0.05, 0) is 50.9 Å². The minimum Gasteiger partial charge on any atom is -0.493 e. The Morgan fingerprint density at radius 3 is 2.27 bits per heavy atom. The summed E-state index contributed by atoms with van der Waals surface area (Å²) in [5.41, 5.74) is 0.328. The highest BCUT2D eigenvalue weighted by molar-refractivity contribution is 5.95. The van der Waals surface area contributed by atoms with Crippen LogP contribution in [0, 0.1) is 5.92 Å². The minimum absolute atomic E-state index is 0.0388. The van der Waals surface area contributed by atoms with Gasteiger partial charge in [0.25, 0.3) is 5.91 Å². The SMILES string of the molecule is CNCCC1CCN(C(=O)c2cc(OC)c(OC(F)F)c(OC)c2)CC1. The maximum atomic E-state index is 12.8. The molecule has 0 saturated carbocycles. The topological polar surface area (TPSA) is 60.0 Å². The number of halogens is 2. The van der Waals surface area contributed by atoms with Crippen molar-refractivity contribution in [3.63, 3.8) is 0 Å². The minimum atomic E-state index is -3.02. The standard InChI is InChI=1S/C18H26F2N2O4/c1-21-7-4-12-5-8-22(9-6-12)17(23)13-10-14(24-2)16(26-18(19)20)15(11-13)25-3/h10-12,18,21H,4-9H2,1-3H3. The lowest BCUT2D eigenvalue weighted by Crippen LogP contribution is -2.39. The molecule has 1 aliphatic rings. The van der Waals surface area contributed by atoms with Gasteiger partial charge in [0, 0.05) is 18.7 Å². The maximum Gasteiger partial charge on any atom is 0.387 e. The quantitative estimate of drug-likeness (QED) is 0.760. The van der Waals surface area contributed by atoms with Crippen molar-refractivity contribution in [1.29, 1.82) is 0 Å². The second-order valence-electron chi connectivity index (χ2n) is 6.22. The lowest BCUT2D eigenvalue weighted by molar-refractivity contribution is -0.0526. The van der Waals surface area contributed by atoms with Gasteiger partial charge in [0.1, 0.15) is 0 Å². The van der Waals surface area contributed by atoms with Crippen LogP contribution in [-0.2, 0) is 0 Å². The number of benzene rings is 1. The molecule has 1 saturated heterocycles. The average Bonchev–Trinajstić information content (AvgIpc) is 2.65. The Balaban J connectivity index is 2.14. The Bertz CT molecular complexity index is 580. The zero-order valence-electron chi connectivity index (χ0n) is 15.4. The second-order valence-corrected chi connectivity index (χ2v) is 6.22. The number of alkyl halides is 2. The number of likely N-dealkylation sites (tertiary alicyclic amines) is 1. The number of carbonyl (C=O) groups excluding carboxylic acids is 1. The molecule has 0 spiro atoms. The Morgan fingerprint density at radius 1 is 1.23 bits per heavy atom. The summed E-state index contributed by atoms with van der Waals surface area (Å²) in [7, 11) is 4.59. The molecule has 0 atom stereocenters. The van der Waals surface area contributed by atoms with Gasteiger partial charge in [-0.25, -0.2) is 0 Å². The van der Waals surface area contributed by atoms with Gasteiger partial charge in [0.15, 0.2) is 11.5 Å². The van der Waals surface area contributed by atoms with E-state index in [9.17, 15) is 13.6 Å². The van der Waals surface area contributed by atoms with Crippen molar-refractivity contribution in [3.8, 4) is 17.2 Å². The van der Waals surface area contributed by atoms with E-state index in [2.05, 4.69) is 10.1 Å². The van der Waals surface area contributed by atoms with E-state index in [-0.39, 0.29) is 23.2 Å². The van der Waals surface area contributed by atoms with Crippen LogP contribution < -0.4 is 19.5 Å². The van der Waals surface area contributed by atoms with E-state index in [1.54, 1.807) is 4.90 Å². The second kappa shape index (κ2) is 9.56. The predicted octanol–water partition coefficient (Wildman–Crippen LogP) is 2.77. The van der Waals surface area contributed by atoms with Crippen molar-refractivity contribution < 1.29 is 27.8 Å². The maximum absolute atomic E-state index is 12.8. The molecule has 1 aromatic rings. The molecule has 8 heteroatoms. The van der Waals surface area contributed by atoms with E-state index >= 15 is 0 Å². The molecular weight excluding hydrogens is 346 g/mol. The van der Waals surface area contributed by atoms with Gasteiger partial charge in [-0.3, -0.25) is 4.79 Å². The van der Waals surface area contributed by atoms with Crippen molar-refractivity contribution in [1.82, 2.24) is 10.2 Å². The van der Waals surface area contributed by atoms with Crippen LogP contribution >= 0.6 is 0 Å². The van der Waals surface area contributed by atoms with Crippen LogP contribution in [0.5, 0.6) is 17.2 Å². The van der Waals surface area contributed by atoms with Gasteiger partial charge < -0.3 is 24.4 Å². The van der Waals surface area contributed by atoms with Gasteiger partial charge in [0.2, 0.25) is 5.75 Å². The summed E-state index contributed by atoms with van der Waals surface area (Å²) in [6.45, 7) is -0.699. The lowest BCUT2D eigenvalue weighted by atomic mass is 9.93. The smallest absolute Gasteiger partial charge is 0.387 e. The van der Waals surface area contributed by atoms with Crippen LogP contribution in [0.3, 0.4) is 0 Å². The Morgan fingerprint density at radius 2 is 1.81 bits per heavy atom. The number of ether oxygens (including phenoxy) is 3. The zero-order valence-corrected chi connectivity index (χ0v) is 15.4. The predicted molar refractivity (Wildman–Crippen MR) is 93.3 cm³/mol. The molecule has 26 heavy (non-hydrogen) atoms. The normalized spacial score (nSPS) is 15.2. The first kappa shape index (κ1) is 20.2. The fraction of sp³-hybridized carbons (Fsp3) is 0.611. The number of nitrogens with one attached hydrogen (secondary N) is 1. The largest absolute Gasteiger partial charge is 0.493 e. The molecule has 0 unspecified atom stereocenters. The monoisotopic (exact) mass is 372 g/mol. The Kier molecular flexibility index (Phi) is 7.44. The van der Waals surface area contributed by atoms with Crippen LogP contribution in [0.2, 0.25) is 0 Å². The molecular formula is C18H26F2N2O4. The fourth-order valence-corrected chi connectivity index (χ4v) is 3.16. The number of methoxy groups -OCH3 is 2. The third-order valence-electron chi connectivity index (χ3n) is 4.62. The highest BCUT2D eigenvalue weighted by Gasteiger charge is 2.26. The number of amides is 1. The molecule has 146 valence electrons. The molecule has 1 N–H and O–H groups in total. The van der Waals surface area contributed by atoms with E-state index in [0.29, 0.717) is 24.6 Å². The highest BCUT2D eigenvalue weighted by Crippen LogP contribution is 2.40. The first-order valence-electron chi connectivity index (χ1n) is 8.64. The van der Waals surface area contributed by atoms with Crippen LogP contribution in [0.15, 0.2) is 12.1 Å².